The fourth-order valence-corrected chi connectivity index (χ4v) is 2.53. The van der Waals surface area contributed by atoms with E-state index in [1.807, 2.05) is 85.8 Å². The second-order valence-corrected chi connectivity index (χ2v) is 7.19. The van der Waals surface area contributed by atoms with Crippen LogP contribution in [-0.2, 0) is 6.54 Å². The van der Waals surface area contributed by atoms with Gasteiger partial charge in [0, 0.05) is 18.7 Å². The van der Waals surface area contributed by atoms with Crippen molar-refractivity contribution >= 4 is 15.7 Å². The molecule has 0 saturated carbocycles. The van der Waals surface area contributed by atoms with Crippen LogP contribution in [0.3, 0.4) is 0 Å². The number of ketones is 1. The van der Waals surface area contributed by atoms with Crippen molar-refractivity contribution in [2.24, 2.45) is 0 Å². The van der Waals surface area contributed by atoms with Gasteiger partial charge in [-0.2, -0.15) is 9.90 Å². The summed E-state index contributed by atoms with van der Waals surface area (Å²) in [6.07, 6.45) is 0.247. The van der Waals surface area contributed by atoms with Crippen molar-refractivity contribution in [2.45, 2.75) is 45.9 Å². The van der Waals surface area contributed by atoms with E-state index in [0.29, 0.717) is 6.54 Å². The molecule has 0 saturated heterocycles. The lowest BCUT2D eigenvalue weighted by atomic mass is 10.1. The van der Waals surface area contributed by atoms with Crippen molar-refractivity contribution in [3.05, 3.63) is 108 Å². The Labute approximate surface area is 196 Å². The van der Waals surface area contributed by atoms with E-state index in [4.69, 9.17) is 5.11 Å². The van der Waals surface area contributed by atoms with Crippen LogP contribution in [0.1, 0.15) is 54.8 Å². The van der Waals surface area contributed by atoms with E-state index < -0.39 is 0 Å². The average Bonchev–Trinajstić information content (AvgIpc) is 2.81. The molecule has 3 aromatic carbocycles. The minimum Gasteiger partial charge on any atom is -0.392 e. The lowest BCUT2D eigenvalue weighted by Gasteiger charge is -2.08. The molecule has 4 nitrogen and oxygen atoms in total. The summed E-state index contributed by atoms with van der Waals surface area (Å²) in [4.78, 5) is 10.6. The number of carbonyl (C=O) groups excluding carboxylic acids is 1. The quantitative estimate of drug-likeness (QED) is 0.337. The summed E-state index contributed by atoms with van der Waals surface area (Å²) < 4.78 is 0. The molecule has 0 fully saturated rings. The van der Waals surface area contributed by atoms with Crippen molar-refractivity contribution < 1.29 is 15.0 Å². The number of carbonyl (C=O) groups is 1. The first-order valence-corrected chi connectivity index (χ1v) is 10.7. The second kappa shape index (κ2) is 18.2. The molecule has 5 heteroatoms. The highest BCUT2D eigenvalue weighted by atomic mass is 31.0. The minimum absolute atomic E-state index is 0. The highest BCUT2D eigenvalue weighted by Crippen LogP contribution is 2.09. The zero-order chi connectivity index (χ0) is 22.9. The Morgan fingerprint density at radius 1 is 0.844 bits per heavy atom. The molecular weight excluding hydrogens is 417 g/mol. The number of aliphatic hydroxyl groups excluding tert-OH is 2. The molecule has 3 N–H and O–H groups in total. The average molecular weight is 456 g/mol. The Bertz CT molecular complexity index is 827. The fourth-order valence-electron chi connectivity index (χ4n) is 2.53. The number of Topliss-reactive ketones (excluding diaryl/α,β-unsaturated/α-hetero) is 1. The standard InChI is InChI=1S/C11H17NO.C8H10O.C8H8O.H3P/c1-2-11(13)9-12-8-10-6-4-3-5-7-10;2*1-7(9)8-5-3-2-4-6-8;/h3-7,11-13H,2,8-9H2,1H3;2-7,9H,1H3;2-6H,1H3;1H3/t11-;7-;;/m11../s1. The van der Waals surface area contributed by atoms with Gasteiger partial charge in [0.05, 0.1) is 12.2 Å². The lowest BCUT2D eigenvalue weighted by Crippen LogP contribution is -2.25. The lowest BCUT2D eigenvalue weighted by molar-refractivity contribution is 0.101. The Balaban J connectivity index is 0.000000455. The minimum atomic E-state index is -0.341. The Morgan fingerprint density at radius 3 is 1.69 bits per heavy atom. The highest BCUT2D eigenvalue weighted by Gasteiger charge is 1.98. The number of benzene rings is 3. The molecule has 0 heterocycles. The first-order valence-electron chi connectivity index (χ1n) is 10.7. The Morgan fingerprint density at radius 2 is 1.31 bits per heavy atom. The summed E-state index contributed by atoms with van der Waals surface area (Å²) in [6.45, 7) is 6.81. The van der Waals surface area contributed by atoms with Gasteiger partial charge in [0.1, 0.15) is 0 Å². The number of nitrogens with one attached hydrogen (secondary N) is 1. The molecule has 3 rings (SSSR count). The number of hydrogen-bond donors (Lipinski definition) is 3. The highest BCUT2D eigenvalue weighted by molar-refractivity contribution is 6.92. The molecule has 0 radical (unpaired) electrons. The molecule has 0 bridgehead atoms. The van der Waals surface area contributed by atoms with Crippen LogP contribution in [0.15, 0.2) is 91.0 Å². The summed E-state index contributed by atoms with van der Waals surface area (Å²) in [5.74, 6) is 0.121. The van der Waals surface area contributed by atoms with Gasteiger partial charge in [-0.1, -0.05) is 97.9 Å². The van der Waals surface area contributed by atoms with Gasteiger partial charge in [-0.25, -0.2) is 0 Å². The van der Waals surface area contributed by atoms with E-state index in [-0.39, 0.29) is 27.9 Å². The summed E-state index contributed by atoms with van der Waals surface area (Å²) in [7, 11) is 0. The van der Waals surface area contributed by atoms with Crippen LogP contribution in [0.4, 0.5) is 0 Å². The van der Waals surface area contributed by atoms with Crippen molar-refractivity contribution in [3.63, 3.8) is 0 Å². The molecule has 0 spiro atoms. The molecule has 0 aliphatic carbocycles. The monoisotopic (exact) mass is 455 g/mol. The number of rotatable bonds is 7. The van der Waals surface area contributed by atoms with Crippen LogP contribution in [0.25, 0.3) is 0 Å². The SMILES string of the molecule is CC(=O)c1ccccc1.CC[C@@H](O)CNCc1ccccc1.C[C@@H](O)c1ccccc1.P. The van der Waals surface area contributed by atoms with Crippen molar-refractivity contribution in [1.29, 1.82) is 0 Å². The van der Waals surface area contributed by atoms with Gasteiger partial charge >= 0.3 is 0 Å². The van der Waals surface area contributed by atoms with Gasteiger partial charge in [0.15, 0.2) is 5.78 Å². The molecule has 3 aromatic rings. The van der Waals surface area contributed by atoms with E-state index in [2.05, 4.69) is 17.4 Å². The first-order chi connectivity index (χ1) is 14.9. The van der Waals surface area contributed by atoms with Crippen LogP contribution in [-0.4, -0.2) is 28.6 Å². The Hall–Kier alpha value is -2.36. The van der Waals surface area contributed by atoms with Crippen LogP contribution in [0.5, 0.6) is 0 Å². The number of aliphatic hydroxyl groups is 2. The predicted molar refractivity (Wildman–Crippen MR) is 139 cm³/mol. The summed E-state index contributed by atoms with van der Waals surface area (Å²) in [5.41, 5.74) is 3.00. The van der Waals surface area contributed by atoms with E-state index in [1.165, 1.54) is 5.56 Å². The van der Waals surface area contributed by atoms with Crippen LogP contribution >= 0.6 is 9.90 Å². The largest absolute Gasteiger partial charge is 0.392 e. The van der Waals surface area contributed by atoms with Crippen molar-refractivity contribution in [1.82, 2.24) is 5.32 Å². The summed E-state index contributed by atoms with van der Waals surface area (Å²) in [5, 5.41) is 21.5. The maximum atomic E-state index is 10.6. The molecule has 0 amide bonds. The van der Waals surface area contributed by atoms with E-state index >= 15 is 0 Å². The fraction of sp³-hybridized carbons (Fsp3) is 0.296. The predicted octanol–water partition coefficient (Wildman–Crippen LogP) is 5.23. The third kappa shape index (κ3) is 13.8. The second-order valence-electron chi connectivity index (χ2n) is 7.19. The third-order valence-corrected chi connectivity index (χ3v) is 4.49. The van der Waals surface area contributed by atoms with Crippen LogP contribution in [0.2, 0.25) is 0 Å². The van der Waals surface area contributed by atoms with Gasteiger partial charge in [-0.15, -0.1) is 0 Å². The van der Waals surface area contributed by atoms with Gasteiger partial charge in [0.2, 0.25) is 0 Å². The van der Waals surface area contributed by atoms with Gasteiger partial charge in [-0.3, -0.25) is 4.79 Å². The molecule has 32 heavy (non-hydrogen) atoms. The van der Waals surface area contributed by atoms with Crippen LogP contribution < -0.4 is 5.32 Å². The topological polar surface area (TPSA) is 69.6 Å². The number of hydrogen-bond acceptors (Lipinski definition) is 4. The maximum Gasteiger partial charge on any atom is 0.159 e. The van der Waals surface area contributed by atoms with E-state index in [9.17, 15) is 9.90 Å². The van der Waals surface area contributed by atoms with Crippen LogP contribution in [0, 0.1) is 0 Å². The van der Waals surface area contributed by atoms with Crippen molar-refractivity contribution in [2.75, 3.05) is 6.54 Å². The van der Waals surface area contributed by atoms with E-state index in [0.717, 1.165) is 24.1 Å². The first kappa shape index (κ1) is 29.6. The molecule has 0 aliphatic rings. The van der Waals surface area contributed by atoms with Gasteiger partial charge in [-0.05, 0) is 31.4 Å². The zero-order valence-electron chi connectivity index (χ0n) is 19.4. The smallest absolute Gasteiger partial charge is 0.159 e. The normalized spacial score (nSPS) is 11.4. The molecule has 0 aromatic heterocycles. The maximum absolute atomic E-state index is 10.6. The molecule has 0 aliphatic heterocycles. The van der Waals surface area contributed by atoms with E-state index in [1.54, 1.807) is 13.8 Å². The summed E-state index contributed by atoms with van der Waals surface area (Å²) in [6, 6.07) is 29.0. The molecular formula is C27H38NO3P. The third-order valence-electron chi connectivity index (χ3n) is 4.49. The van der Waals surface area contributed by atoms with Crippen molar-refractivity contribution in [3.8, 4) is 0 Å². The Kier molecular flexibility index (Phi) is 16.9. The van der Waals surface area contributed by atoms with Gasteiger partial charge in [0.25, 0.3) is 0 Å². The molecule has 1 unspecified atom stereocenters. The zero-order valence-corrected chi connectivity index (χ0v) is 20.9. The molecule has 3 atom stereocenters. The summed E-state index contributed by atoms with van der Waals surface area (Å²) >= 11 is 0. The molecule has 174 valence electrons. The van der Waals surface area contributed by atoms with Gasteiger partial charge < -0.3 is 15.5 Å².